The van der Waals surface area contributed by atoms with Crippen LogP contribution >= 0.6 is 0 Å². The predicted molar refractivity (Wildman–Crippen MR) is 42.6 cm³/mol. The second kappa shape index (κ2) is 2.00. The van der Waals surface area contributed by atoms with Gasteiger partial charge in [0.25, 0.3) is 0 Å². The molecule has 4 atom stereocenters. The summed E-state index contributed by atoms with van der Waals surface area (Å²) in [5, 5.41) is 0. The Hall–Kier alpha value is -0.480. The van der Waals surface area contributed by atoms with E-state index in [1.807, 2.05) is 0 Å². The Kier molecular flexibility index (Phi) is 1.25. The highest BCUT2D eigenvalue weighted by atomic mass is 14.6. The van der Waals surface area contributed by atoms with Gasteiger partial charge < -0.3 is 0 Å². The van der Waals surface area contributed by atoms with E-state index in [2.05, 4.69) is 25.3 Å². The molecule has 0 nitrogen and oxygen atoms in total. The summed E-state index contributed by atoms with van der Waals surface area (Å²) in [4.78, 5) is 0. The molecular weight excluding hydrogens is 120 g/mol. The fourth-order valence-electron chi connectivity index (χ4n) is 2.53. The summed E-state index contributed by atoms with van der Waals surface area (Å²) in [7, 11) is 0. The highest BCUT2D eigenvalue weighted by Gasteiger charge is 2.60. The van der Waals surface area contributed by atoms with E-state index in [-0.39, 0.29) is 0 Å². The molecule has 0 aromatic rings. The van der Waals surface area contributed by atoms with Gasteiger partial charge in [0.2, 0.25) is 0 Å². The maximum Gasteiger partial charge on any atom is -0.00924 e. The fourth-order valence-corrected chi connectivity index (χ4v) is 2.53. The van der Waals surface area contributed by atoms with E-state index in [9.17, 15) is 0 Å². The molecule has 0 aromatic carbocycles. The lowest BCUT2D eigenvalue weighted by molar-refractivity contribution is 0.280. The summed E-state index contributed by atoms with van der Waals surface area (Å²) >= 11 is 0. The molecule has 54 valence electrons. The SMILES string of the molecule is C=C=CC1C2CC(CC)C12. The van der Waals surface area contributed by atoms with Gasteiger partial charge in [-0.3, -0.25) is 0 Å². The minimum Gasteiger partial charge on any atom is -0.133 e. The Labute approximate surface area is 62.6 Å². The summed E-state index contributed by atoms with van der Waals surface area (Å²) in [6.45, 7) is 5.91. The smallest absolute Gasteiger partial charge is 0.00924 e. The molecule has 0 aromatic heterocycles. The number of allylic oxidation sites excluding steroid dienone is 1. The maximum absolute atomic E-state index is 3.61. The van der Waals surface area contributed by atoms with Gasteiger partial charge in [-0.15, -0.1) is 5.73 Å². The summed E-state index contributed by atoms with van der Waals surface area (Å²) in [5.41, 5.74) is 2.90. The highest BCUT2D eigenvalue weighted by molar-refractivity contribution is 5.16. The quantitative estimate of drug-likeness (QED) is 0.509. The lowest BCUT2D eigenvalue weighted by Gasteiger charge is -2.21. The molecule has 10 heavy (non-hydrogen) atoms. The Morgan fingerprint density at radius 2 is 2.50 bits per heavy atom. The van der Waals surface area contributed by atoms with Gasteiger partial charge in [-0.1, -0.05) is 19.9 Å². The third kappa shape index (κ3) is 0.630. The van der Waals surface area contributed by atoms with Crippen LogP contribution in [0.4, 0.5) is 0 Å². The van der Waals surface area contributed by atoms with Crippen LogP contribution in [0.2, 0.25) is 0 Å². The number of hydrogen-bond donors (Lipinski definition) is 0. The number of rotatable bonds is 2. The molecule has 2 aliphatic carbocycles. The topological polar surface area (TPSA) is 0 Å². The summed E-state index contributed by atoms with van der Waals surface area (Å²) in [6.07, 6.45) is 5.03. The molecule has 0 N–H and O–H groups in total. The lowest BCUT2D eigenvalue weighted by atomic mass is 9.84. The molecule has 4 unspecified atom stereocenters. The van der Waals surface area contributed by atoms with Gasteiger partial charge in [-0.05, 0) is 36.2 Å². The van der Waals surface area contributed by atoms with Crippen LogP contribution in [0.5, 0.6) is 0 Å². The molecule has 2 saturated carbocycles. The Bertz CT molecular complexity index is 186. The van der Waals surface area contributed by atoms with Crippen molar-refractivity contribution in [1.29, 1.82) is 0 Å². The zero-order valence-electron chi connectivity index (χ0n) is 6.51. The summed E-state index contributed by atoms with van der Waals surface area (Å²) in [6, 6.07) is 0. The van der Waals surface area contributed by atoms with Crippen LogP contribution in [0.15, 0.2) is 18.4 Å². The minimum atomic E-state index is 0.877. The monoisotopic (exact) mass is 134 g/mol. The van der Waals surface area contributed by atoms with Gasteiger partial charge in [-0.2, -0.15) is 0 Å². The van der Waals surface area contributed by atoms with E-state index in [4.69, 9.17) is 0 Å². The third-order valence-electron chi connectivity index (χ3n) is 3.25. The Balaban J connectivity index is 1.94. The van der Waals surface area contributed by atoms with Crippen molar-refractivity contribution in [1.82, 2.24) is 0 Å². The van der Waals surface area contributed by atoms with E-state index in [0.717, 1.165) is 23.7 Å². The molecule has 0 heteroatoms. The normalized spacial score (nSPS) is 48.5. The average Bonchev–Trinajstić information content (AvgIpc) is 2.38. The van der Waals surface area contributed by atoms with E-state index in [0.29, 0.717) is 0 Å². The van der Waals surface area contributed by atoms with Crippen molar-refractivity contribution in [3.63, 3.8) is 0 Å². The van der Waals surface area contributed by atoms with E-state index < -0.39 is 0 Å². The van der Waals surface area contributed by atoms with Gasteiger partial charge in [0.1, 0.15) is 0 Å². The van der Waals surface area contributed by atoms with Crippen molar-refractivity contribution in [3.8, 4) is 0 Å². The number of hydrogen-bond acceptors (Lipinski definition) is 0. The van der Waals surface area contributed by atoms with Crippen LogP contribution in [-0.2, 0) is 0 Å². The summed E-state index contributed by atoms with van der Waals surface area (Å²) in [5.74, 6) is 4.00. The zero-order valence-corrected chi connectivity index (χ0v) is 6.51. The van der Waals surface area contributed by atoms with Crippen molar-refractivity contribution in [2.45, 2.75) is 19.8 Å². The lowest BCUT2D eigenvalue weighted by Crippen LogP contribution is -2.13. The molecule has 0 amide bonds. The van der Waals surface area contributed by atoms with Crippen LogP contribution in [0, 0.1) is 23.7 Å². The predicted octanol–water partition coefficient (Wildman–Crippen LogP) is 2.62. The Morgan fingerprint density at radius 3 is 3.00 bits per heavy atom. The van der Waals surface area contributed by atoms with Gasteiger partial charge in [0.05, 0.1) is 0 Å². The van der Waals surface area contributed by atoms with Crippen LogP contribution < -0.4 is 0 Å². The van der Waals surface area contributed by atoms with E-state index >= 15 is 0 Å². The molecule has 2 aliphatic rings. The minimum absolute atomic E-state index is 0.877. The van der Waals surface area contributed by atoms with Gasteiger partial charge in [-0.25, -0.2) is 0 Å². The second-order valence-electron chi connectivity index (χ2n) is 3.59. The molecule has 0 bridgehead atoms. The molecular formula is C10H14. The van der Waals surface area contributed by atoms with Gasteiger partial charge in [0, 0.05) is 0 Å². The number of fused-ring (bicyclic) bond motifs is 1. The maximum atomic E-state index is 3.61. The van der Waals surface area contributed by atoms with Gasteiger partial charge in [0.15, 0.2) is 0 Å². The first-order valence-corrected chi connectivity index (χ1v) is 4.24. The molecule has 0 aliphatic heterocycles. The van der Waals surface area contributed by atoms with E-state index in [1.54, 1.807) is 0 Å². The van der Waals surface area contributed by atoms with Gasteiger partial charge >= 0.3 is 0 Å². The Morgan fingerprint density at radius 1 is 1.70 bits per heavy atom. The molecule has 0 heterocycles. The first-order chi connectivity index (χ1) is 4.88. The molecule has 2 rings (SSSR count). The molecule has 0 saturated heterocycles. The van der Waals surface area contributed by atoms with Crippen LogP contribution in [0.1, 0.15) is 19.8 Å². The van der Waals surface area contributed by atoms with Crippen LogP contribution in [0.25, 0.3) is 0 Å². The summed E-state index contributed by atoms with van der Waals surface area (Å²) < 4.78 is 0. The third-order valence-corrected chi connectivity index (χ3v) is 3.25. The first kappa shape index (κ1) is 6.24. The standard InChI is InChI=1S/C10H14/c1-3-5-8-9-6-7(4-2)10(8)9/h5,7-10H,1,4,6H2,2H3. The average molecular weight is 134 g/mol. The molecule has 0 spiro atoms. The largest absolute Gasteiger partial charge is 0.133 e. The highest BCUT2D eigenvalue weighted by Crippen LogP contribution is 2.66. The van der Waals surface area contributed by atoms with Crippen LogP contribution in [-0.4, -0.2) is 0 Å². The van der Waals surface area contributed by atoms with Crippen molar-refractivity contribution in [3.05, 3.63) is 18.4 Å². The zero-order chi connectivity index (χ0) is 7.14. The van der Waals surface area contributed by atoms with Crippen molar-refractivity contribution in [2.24, 2.45) is 23.7 Å². The van der Waals surface area contributed by atoms with Crippen LogP contribution in [0.3, 0.4) is 0 Å². The van der Waals surface area contributed by atoms with Crippen molar-refractivity contribution < 1.29 is 0 Å². The second-order valence-corrected chi connectivity index (χ2v) is 3.59. The first-order valence-electron chi connectivity index (χ1n) is 4.24. The van der Waals surface area contributed by atoms with Crippen molar-refractivity contribution in [2.75, 3.05) is 0 Å². The van der Waals surface area contributed by atoms with Crippen molar-refractivity contribution >= 4 is 0 Å². The fraction of sp³-hybridized carbons (Fsp3) is 0.700. The van der Waals surface area contributed by atoms with E-state index in [1.165, 1.54) is 12.8 Å². The molecule has 0 radical (unpaired) electrons. The molecule has 2 fully saturated rings.